The zero-order valence-corrected chi connectivity index (χ0v) is 21.5. The summed E-state index contributed by atoms with van der Waals surface area (Å²) in [6.45, 7) is 0.672. The number of hydrogen-bond donors (Lipinski definition) is 1. The number of phenolic OH excluding ortho intramolecular Hbond substituents is 1. The van der Waals surface area contributed by atoms with E-state index >= 15 is 0 Å². The molecular weight excluding hydrogens is 512 g/mol. The molecule has 1 N–H and O–H groups in total. The molecule has 8 nitrogen and oxygen atoms in total. The number of carbonyl (C=O) groups is 2. The van der Waals surface area contributed by atoms with Gasteiger partial charge in [0.15, 0.2) is 28.8 Å². The Morgan fingerprint density at radius 3 is 2.05 bits per heavy atom. The molecule has 5 rings (SSSR count). The number of aromatic hydroxyl groups is 1. The van der Waals surface area contributed by atoms with Crippen LogP contribution in [0.5, 0.6) is 28.7 Å². The van der Waals surface area contributed by atoms with Gasteiger partial charge in [-0.2, -0.15) is 0 Å². The monoisotopic (exact) mass is 534 g/mol. The van der Waals surface area contributed by atoms with E-state index in [4.69, 9.17) is 35.3 Å². The molecular formula is C29H23ClO8. The van der Waals surface area contributed by atoms with Crippen molar-refractivity contribution < 1.29 is 38.4 Å². The van der Waals surface area contributed by atoms with Gasteiger partial charge >= 0.3 is 5.97 Å². The van der Waals surface area contributed by atoms with Gasteiger partial charge in [0.05, 0.1) is 32.5 Å². The van der Waals surface area contributed by atoms with E-state index in [1.165, 1.54) is 33.5 Å². The van der Waals surface area contributed by atoms with Crippen LogP contribution < -0.4 is 18.9 Å². The number of carbonyl (C=O) groups excluding carboxylic acids is 2. The summed E-state index contributed by atoms with van der Waals surface area (Å²) in [7, 11) is 4.22. The minimum atomic E-state index is -0.806. The molecule has 0 aliphatic carbocycles. The number of hydrogen-bond acceptors (Lipinski definition) is 8. The molecule has 9 heteroatoms. The topological polar surface area (TPSA) is 101 Å². The van der Waals surface area contributed by atoms with E-state index in [0.717, 1.165) is 0 Å². The Morgan fingerprint density at radius 2 is 1.45 bits per heavy atom. The number of rotatable bonds is 6. The van der Waals surface area contributed by atoms with Crippen molar-refractivity contribution in [3.8, 4) is 39.9 Å². The Labute approximate surface area is 223 Å². The molecule has 0 radical (unpaired) electrons. The molecule has 0 saturated carbocycles. The van der Waals surface area contributed by atoms with E-state index in [1.54, 1.807) is 42.5 Å². The fraction of sp³-hybridized carbons (Fsp3) is 0.172. The first-order valence-electron chi connectivity index (χ1n) is 11.6. The third-order valence-corrected chi connectivity index (χ3v) is 6.59. The summed E-state index contributed by atoms with van der Waals surface area (Å²) in [4.78, 5) is 27.2. The van der Waals surface area contributed by atoms with E-state index in [-0.39, 0.29) is 22.4 Å². The number of esters is 1. The number of ether oxygens (including phenoxy) is 5. The lowest BCUT2D eigenvalue weighted by atomic mass is 9.85. The maximum absolute atomic E-state index is 13.8. The number of fused-ring (bicyclic) bond motifs is 2. The minimum absolute atomic E-state index is 0.110. The summed E-state index contributed by atoms with van der Waals surface area (Å²) >= 11 is 6.02. The van der Waals surface area contributed by atoms with Crippen molar-refractivity contribution in [2.45, 2.75) is 0 Å². The summed E-state index contributed by atoms with van der Waals surface area (Å²) in [5, 5.41) is 12.7. The van der Waals surface area contributed by atoms with Crippen LogP contribution in [0.4, 0.5) is 0 Å². The molecule has 0 unspecified atom stereocenters. The number of ketones is 1. The lowest BCUT2D eigenvalue weighted by Crippen LogP contribution is -2.16. The first-order chi connectivity index (χ1) is 18.4. The second-order valence-electron chi connectivity index (χ2n) is 8.41. The zero-order valence-electron chi connectivity index (χ0n) is 20.8. The lowest BCUT2D eigenvalue weighted by molar-refractivity contribution is 0.0598. The summed E-state index contributed by atoms with van der Waals surface area (Å²) in [5.74, 6) is -0.0417. The van der Waals surface area contributed by atoms with Crippen molar-refractivity contribution in [1.82, 2.24) is 0 Å². The molecule has 4 aromatic carbocycles. The van der Waals surface area contributed by atoms with Gasteiger partial charge in [-0.1, -0.05) is 17.7 Å². The van der Waals surface area contributed by atoms with Gasteiger partial charge in [-0.05, 0) is 59.5 Å². The molecule has 1 aliphatic heterocycles. The highest BCUT2D eigenvalue weighted by Crippen LogP contribution is 2.47. The molecule has 38 heavy (non-hydrogen) atoms. The highest BCUT2D eigenvalue weighted by molar-refractivity contribution is 6.31. The number of halogens is 1. The standard InChI is InChI=1S/C29H23ClO8/c1-34-20-9-6-16(12-21(20)35-2)24-18-13-22-23(38-11-10-37-22)14-19(18)28(32)26(25(24)29(33)36-3)27(31)15-4-7-17(30)8-5-15/h4-9,12-14,32H,10-11H2,1-3H3. The maximum Gasteiger partial charge on any atom is 0.339 e. The fourth-order valence-corrected chi connectivity index (χ4v) is 4.69. The van der Waals surface area contributed by atoms with Crippen LogP contribution in [0, 0.1) is 0 Å². The summed E-state index contributed by atoms with van der Waals surface area (Å²) in [6.07, 6.45) is 0. The predicted molar refractivity (Wildman–Crippen MR) is 141 cm³/mol. The van der Waals surface area contributed by atoms with Crippen LogP contribution in [-0.4, -0.2) is 51.4 Å². The van der Waals surface area contributed by atoms with E-state index < -0.39 is 11.8 Å². The average molecular weight is 535 g/mol. The second-order valence-corrected chi connectivity index (χ2v) is 8.85. The molecule has 0 bridgehead atoms. The van der Waals surface area contributed by atoms with Gasteiger partial charge in [0.1, 0.15) is 19.0 Å². The molecule has 0 amide bonds. The van der Waals surface area contributed by atoms with Crippen molar-refractivity contribution in [2.75, 3.05) is 34.5 Å². The Bertz CT molecular complexity index is 1580. The molecule has 0 aromatic heterocycles. The van der Waals surface area contributed by atoms with Crippen LogP contribution in [0.15, 0.2) is 54.6 Å². The molecule has 4 aromatic rings. The van der Waals surface area contributed by atoms with Crippen LogP contribution >= 0.6 is 11.6 Å². The summed E-state index contributed by atoms with van der Waals surface area (Å²) in [6, 6.07) is 14.5. The van der Waals surface area contributed by atoms with E-state index in [2.05, 4.69) is 0 Å². The summed E-state index contributed by atoms with van der Waals surface area (Å²) in [5.41, 5.74) is 0.772. The first kappa shape index (κ1) is 25.2. The molecule has 0 spiro atoms. The lowest BCUT2D eigenvalue weighted by Gasteiger charge is -2.23. The molecule has 1 heterocycles. The third kappa shape index (κ3) is 4.22. The van der Waals surface area contributed by atoms with Gasteiger partial charge in [0, 0.05) is 21.5 Å². The van der Waals surface area contributed by atoms with E-state index in [9.17, 15) is 14.7 Å². The number of benzene rings is 4. The van der Waals surface area contributed by atoms with Crippen molar-refractivity contribution in [3.05, 3.63) is 76.3 Å². The van der Waals surface area contributed by atoms with Crippen LogP contribution in [0.1, 0.15) is 26.3 Å². The third-order valence-electron chi connectivity index (χ3n) is 6.34. The van der Waals surface area contributed by atoms with Gasteiger partial charge in [0.2, 0.25) is 0 Å². The van der Waals surface area contributed by atoms with Gasteiger partial charge < -0.3 is 28.8 Å². The van der Waals surface area contributed by atoms with Crippen molar-refractivity contribution in [3.63, 3.8) is 0 Å². The molecule has 194 valence electrons. The van der Waals surface area contributed by atoms with Crippen LogP contribution in [-0.2, 0) is 4.74 Å². The second kappa shape index (κ2) is 10.1. The molecule has 1 aliphatic rings. The van der Waals surface area contributed by atoms with E-state index in [0.29, 0.717) is 63.1 Å². The van der Waals surface area contributed by atoms with Gasteiger partial charge in [-0.3, -0.25) is 4.79 Å². The van der Waals surface area contributed by atoms with Crippen molar-refractivity contribution >= 4 is 34.1 Å². The van der Waals surface area contributed by atoms with Crippen LogP contribution in [0.3, 0.4) is 0 Å². The highest BCUT2D eigenvalue weighted by atomic mass is 35.5. The van der Waals surface area contributed by atoms with Crippen LogP contribution in [0.25, 0.3) is 21.9 Å². The predicted octanol–water partition coefficient (Wildman–Crippen LogP) is 5.67. The van der Waals surface area contributed by atoms with E-state index in [1.807, 2.05) is 0 Å². The van der Waals surface area contributed by atoms with Crippen LogP contribution in [0.2, 0.25) is 5.02 Å². The number of phenols is 1. The molecule has 0 atom stereocenters. The summed E-state index contributed by atoms with van der Waals surface area (Å²) < 4.78 is 27.5. The van der Waals surface area contributed by atoms with Crippen molar-refractivity contribution in [1.29, 1.82) is 0 Å². The first-order valence-corrected chi connectivity index (χ1v) is 12.0. The number of methoxy groups -OCH3 is 3. The smallest absolute Gasteiger partial charge is 0.339 e. The Kier molecular flexibility index (Phi) is 6.73. The SMILES string of the molecule is COC(=O)c1c(C(=O)c2ccc(Cl)cc2)c(O)c2cc3c(cc2c1-c1ccc(OC)c(OC)c1)OCCO3. The molecule has 0 saturated heterocycles. The van der Waals surface area contributed by atoms with Crippen molar-refractivity contribution in [2.24, 2.45) is 0 Å². The minimum Gasteiger partial charge on any atom is -0.506 e. The average Bonchev–Trinajstić information content (AvgIpc) is 2.95. The zero-order chi connectivity index (χ0) is 27.0. The fourth-order valence-electron chi connectivity index (χ4n) is 4.57. The Balaban J connectivity index is 1.92. The highest BCUT2D eigenvalue weighted by Gasteiger charge is 2.32. The maximum atomic E-state index is 13.8. The molecule has 0 fully saturated rings. The van der Waals surface area contributed by atoms with Gasteiger partial charge in [-0.15, -0.1) is 0 Å². The Hall–Kier alpha value is -4.43. The van der Waals surface area contributed by atoms with Gasteiger partial charge in [0.25, 0.3) is 0 Å². The quantitative estimate of drug-likeness (QED) is 0.249. The largest absolute Gasteiger partial charge is 0.506 e. The Morgan fingerprint density at radius 1 is 0.816 bits per heavy atom. The normalized spacial score (nSPS) is 12.2. The van der Waals surface area contributed by atoms with Gasteiger partial charge in [-0.25, -0.2) is 4.79 Å².